The minimum absolute atomic E-state index is 0.0370. The van der Waals surface area contributed by atoms with Crippen molar-refractivity contribution in [1.29, 1.82) is 0 Å². The predicted octanol–water partition coefficient (Wildman–Crippen LogP) is 19.7. The molecule has 0 saturated heterocycles. The van der Waals surface area contributed by atoms with Gasteiger partial charge < -0.3 is 28.5 Å². The summed E-state index contributed by atoms with van der Waals surface area (Å²) in [5.74, 6) is -0.638. The lowest BCUT2D eigenvalue weighted by Gasteiger charge is -2.30. The minimum Gasteiger partial charge on any atom is -0.756 e. The van der Waals surface area contributed by atoms with E-state index >= 15 is 0 Å². The van der Waals surface area contributed by atoms with E-state index in [0.717, 1.165) is 83.5 Å². The maximum atomic E-state index is 13.6. The number of hydrogen-bond acceptors (Lipinski definition) is 7. The van der Waals surface area contributed by atoms with Gasteiger partial charge >= 0.3 is 5.97 Å². The Balaban J connectivity index is 5.33. The van der Waals surface area contributed by atoms with Crippen molar-refractivity contribution in [2.24, 2.45) is 0 Å². The Hall–Kier alpha value is -3.07. The van der Waals surface area contributed by atoms with Crippen LogP contribution in [0.15, 0.2) is 97.2 Å². The monoisotopic (exact) mass is 1120 g/mol. The first-order valence-electron chi connectivity index (χ1n) is 32.5. The van der Waals surface area contributed by atoms with E-state index in [4.69, 9.17) is 13.8 Å². The largest absolute Gasteiger partial charge is 0.756 e. The molecular weight excluding hydrogens is 1000 g/mol. The zero-order valence-electron chi connectivity index (χ0n) is 52.1. The highest BCUT2D eigenvalue weighted by atomic mass is 31.2. The maximum absolute atomic E-state index is 13.6. The number of nitrogens with one attached hydrogen (secondary N) is 1. The van der Waals surface area contributed by atoms with Crippen LogP contribution >= 0.6 is 7.82 Å². The molecule has 3 atom stereocenters. The van der Waals surface area contributed by atoms with Gasteiger partial charge in [0.15, 0.2) is 0 Å². The lowest BCUT2D eigenvalue weighted by Crippen LogP contribution is -2.47. The van der Waals surface area contributed by atoms with Crippen LogP contribution in [-0.4, -0.2) is 69.4 Å². The van der Waals surface area contributed by atoms with Crippen LogP contribution in [0.5, 0.6) is 0 Å². The van der Waals surface area contributed by atoms with E-state index in [9.17, 15) is 19.0 Å². The van der Waals surface area contributed by atoms with Gasteiger partial charge in [0.25, 0.3) is 7.82 Å². The first kappa shape index (κ1) is 75.9. The van der Waals surface area contributed by atoms with Crippen molar-refractivity contribution in [3.05, 3.63) is 97.2 Å². The third-order valence-corrected chi connectivity index (χ3v) is 15.0. The quantitative estimate of drug-likeness (QED) is 0.0212. The van der Waals surface area contributed by atoms with Gasteiger partial charge in [-0.05, 0) is 96.0 Å². The molecule has 0 aromatic carbocycles. The van der Waals surface area contributed by atoms with E-state index in [0.29, 0.717) is 23.9 Å². The summed E-state index contributed by atoms with van der Waals surface area (Å²) in [6.45, 7) is 6.69. The van der Waals surface area contributed by atoms with Crippen LogP contribution in [0.3, 0.4) is 0 Å². The summed E-state index contributed by atoms with van der Waals surface area (Å²) in [5.41, 5.74) is 0. The van der Waals surface area contributed by atoms with E-state index in [-0.39, 0.29) is 18.9 Å². The Labute approximate surface area is 488 Å². The lowest BCUT2D eigenvalue weighted by atomic mass is 10.0. The molecule has 0 aromatic heterocycles. The molecule has 79 heavy (non-hydrogen) atoms. The minimum atomic E-state index is -4.72. The summed E-state index contributed by atoms with van der Waals surface area (Å²) >= 11 is 0. The summed E-state index contributed by atoms with van der Waals surface area (Å²) in [6.07, 6.45) is 78.2. The first-order valence-corrected chi connectivity index (χ1v) is 34.0. The van der Waals surface area contributed by atoms with Crippen molar-refractivity contribution in [1.82, 2.24) is 5.32 Å². The van der Waals surface area contributed by atoms with Gasteiger partial charge in [-0.15, -0.1) is 0 Å². The molecule has 10 heteroatoms. The van der Waals surface area contributed by atoms with Gasteiger partial charge in [0.05, 0.1) is 33.8 Å². The number of rotatable bonds is 58. The number of likely N-dealkylation sites (N-methyl/N-ethyl adjacent to an activating group) is 1. The second kappa shape index (κ2) is 58.1. The number of nitrogens with zero attached hydrogens (tertiary/aromatic N) is 1. The second-order valence-electron chi connectivity index (χ2n) is 22.9. The molecule has 0 saturated carbocycles. The average molecular weight is 1120 g/mol. The summed E-state index contributed by atoms with van der Waals surface area (Å²) in [5, 5.41) is 3.01. The van der Waals surface area contributed by atoms with Gasteiger partial charge in [0.2, 0.25) is 5.91 Å². The molecule has 9 nitrogen and oxygen atoms in total. The van der Waals surface area contributed by atoms with E-state index in [1.807, 2.05) is 45.4 Å². The Bertz CT molecular complexity index is 1670. The topological polar surface area (TPSA) is 114 Å². The number of amides is 1. The number of carbonyl (C=O) groups is 2. The van der Waals surface area contributed by atoms with Crippen molar-refractivity contribution < 1.29 is 37.3 Å². The van der Waals surface area contributed by atoms with Gasteiger partial charge in [0, 0.05) is 12.8 Å². The van der Waals surface area contributed by atoms with Crippen molar-refractivity contribution in [3.63, 3.8) is 0 Å². The number of hydrogen-bond donors (Lipinski definition) is 1. The SMILES string of the molecule is CC/C=C\C/C=C\C/C=C\C/C=C\C/C=C\C/C=C\CCC(=O)OC(/C=C/CCCCCCCCCCCCC)C(COP(=O)([O-])OCC[N+](C)(C)C)NC(=O)CCCCCCCCCCCCC/C=C/CCCCCCCC. The van der Waals surface area contributed by atoms with Gasteiger partial charge in [-0.25, -0.2) is 0 Å². The smallest absolute Gasteiger partial charge is 0.306 e. The second-order valence-corrected chi connectivity index (χ2v) is 24.3. The van der Waals surface area contributed by atoms with Crippen LogP contribution < -0.4 is 10.2 Å². The number of esters is 1. The van der Waals surface area contributed by atoms with Crippen LogP contribution in [0.1, 0.15) is 278 Å². The average Bonchev–Trinajstić information content (AvgIpc) is 3.41. The maximum Gasteiger partial charge on any atom is 0.306 e. The molecule has 0 heterocycles. The highest BCUT2D eigenvalue weighted by Crippen LogP contribution is 2.38. The van der Waals surface area contributed by atoms with Crippen LogP contribution in [-0.2, 0) is 27.9 Å². The third-order valence-electron chi connectivity index (χ3n) is 14.0. The first-order chi connectivity index (χ1) is 38.4. The number of carbonyl (C=O) groups excluding carboxylic acids is 2. The Kier molecular flexibility index (Phi) is 55.9. The molecular formula is C69H123N2O7P. The summed E-state index contributed by atoms with van der Waals surface area (Å²) in [7, 11) is 1.14. The fourth-order valence-corrected chi connectivity index (χ4v) is 9.74. The number of unbranched alkanes of at least 4 members (excludes halogenated alkanes) is 28. The van der Waals surface area contributed by atoms with Crippen molar-refractivity contribution in [2.45, 2.75) is 290 Å². The summed E-state index contributed by atoms with van der Waals surface area (Å²) < 4.78 is 30.3. The fourth-order valence-electron chi connectivity index (χ4n) is 9.01. The van der Waals surface area contributed by atoms with Crippen molar-refractivity contribution in [3.8, 4) is 0 Å². The van der Waals surface area contributed by atoms with E-state index < -0.39 is 32.5 Å². The number of quaternary nitrogens is 1. The van der Waals surface area contributed by atoms with Crippen LogP contribution in [0.2, 0.25) is 0 Å². The Morgan fingerprint density at radius 3 is 1.24 bits per heavy atom. The molecule has 0 spiro atoms. The number of allylic oxidation sites excluding steroid dienone is 15. The lowest BCUT2D eigenvalue weighted by molar-refractivity contribution is -0.870. The van der Waals surface area contributed by atoms with Crippen LogP contribution in [0.25, 0.3) is 0 Å². The van der Waals surface area contributed by atoms with Crippen LogP contribution in [0, 0.1) is 0 Å². The molecule has 0 aliphatic rings. The highest BCUT2D eigenvalue weighted by molar-refractivity contribution is 7.45. The Morgan fingerprint density at radius 2 is 0.823 bits per heavy atom. The number of phosphoric acid groups is 1. The molecule has 456 valence electrons. The van der Waals surface area contributed by atoms with E-state index in [2.05, 4.69) is 99.0 Å². The zero-order chi connectivity index (χ0) is 57.9. The summed E-state index contributed by atoms with van der Waals surface area (Å²) in [4.78, 5) is 40.0. The third kappa shape index (κ3) is 59.4. The Morgan fingerprint density at radius 1 is 0.456 bits per heavy atom. The number of ether oxygens (including phenoxy) is 1. The number of phosphoric ester groups is 1. The molecule has 1 N–H and O–H groups in total. The molecule has 0 fully saturated rings. The molecule has 1 amide bonds. The molecule has 0 aliphatic carbocycles. The van der Waals surface area contributed by atoms with Gasteiger partial charge in [0.1, 0.15) is 19.3 Å². The zero-order valence-corrected chi connectivity index (χ0v) is 52.9. The van der Waals surface area contributed by atoms with E-state index in [1.165, 1.54) is 154 Å². The standard InChI is InChI=1S/C69H123N2O7P/c1-7-10-13-16-19-22-25-28-30-32-34-35-37-38-40-43-46-49-52-55-58-61-68(72)70-66(65-77-79(74,75)76-64-63-71(4,5)6)67(60-57-54-51-48-45-42-27-24-21-18-15-12-9-3)78-69(73)62-59-56-53-50-47-44-41-39-36-33-31-29-26-23-20-17-14-11-8-2/h11,14,20,23,28-31,36,39,44,47,53,56-57,60,66-67H,7-10,12-13,15-19,21-22,24-27,32-35,37-38,40-43,45-46,48-52,54-55,58-59,61-65H2,1-6H3,(H-,70,72,74,75)/b14-11-,23-20-,30-28+,31-29-,39-36-,47-44-,56-53-,60-57+. The van der Waals surface area contributed by atoms with Gasteiger partial charge in [-0.3, -0.25) is 14.2 Å². The normalized spacial score (nSPS) is 14.3. The highest BCUT2D eigenvalue weighted by Gasteiger charge is 2.27. The molecule has 3 unspecified atom stereocenters. The van der Waals surface area contributed by atoms with E-state index in [1.54, 1.807) is 0 Å². The van der Waals surface area contributed by atoms with Crippen LogP contribution in [0.4, 0.5) is 0 Å². The molecule has 0 bridgehead atoms. The van der Waals surface area contributed by atoms with Gasteiger partial charge in [-0.2, -0.15) is 0 Å². The van der Waals surface area contributed by atoms with Gasteiger partial charge in [-0.1, -0.05) is 266 Å². The molecule has 0 radical (unpaired) electrons. The predicted molar refractivity (Wildman–Crippen MR) is 339 cm³/mol. The molecule has 0 aromatic rings. The van der Waals surface area contributed by atoms with Crippen molar-refractivity contribution >= 4 is 19.7 Å². The molecule has 0 rings (SSSR count). The summed E-state index contributed by atoms with van der Waals surface area (Å²) in [6, 6.07) is -0.924. The fraction of sp³-hybridized carbons (Fsp3) is 0.739. The molecule has 0 aliphatic heterocycles. The van der Waals surface area contributed by atoms with Crippen molar-refractivity contribution in [2.75, 3.05) is 40.9 Å².